The number of β-amino-alcohol motifs (C(OH)–C–C–N with tert-alkyl or cyclic N) is 1. The van der Waals surface area contributed by atoms with Gasteiger partial charge in [0.15, 0.2) is 11.6 Å². The van der Waals surface area contributed by atoms with Crippen molar-refractivity contribution in [2.45, 2.75) is 38.7 Å². The van der Waals surface area contributed by atoms with Crippen LogP contribution in [0.5, 0.6) is 5.75 Å². The minimum Gasteiger partial charge on any atom is -0.490 e. The molecule has 0 spiro atoms. The van der Waals surface area contributed by atoms with Gasteiger partial charge in [0, 0.05) is 25.2 Å². The number of anilines is 2. The molecule has 1 fully saturated rings. The summed E-state index contributed by atoms with van der Waals surface area (Å²) in [6.45, 7) is 5.55. The number of benzene rings is 1. The summed E-state index contributed by atoms with van der Waals surface area (Å²) < 4.78 is 19.2. The zero-order valence-electron chi connectivity index (χ0n) is 12.2. The molecule has 1 aliphatic rings. The summed E-state index contributed by atoms with van der Waals surface area (Å²) in [6, 6.07) is 2.94. The minimum absolute atomic E-state index is 0.223. The van der Waals surface area contributed by atoms with Crippen LogP contribution in [0.15, 0.2) is 12.1 Å². The van der Waals surface area contributed by atoms with Crippen molar-refractivity contribution in [3.05, 3.63) is 17.9 Å². The number of ether oxygens (including phenoxy) is 1. The Labute approximate surface area is 119 Å². The van der Waals surface area contributed by atoms with Crippen LogP contribution < -0.4 is 15.4 Å². The molecule has 0 bridgehead atoms. The Bertz CT molecular complexity index is 477. The molecule has 1 unspecified atom stereocenters. The summed E-state index contributed by atoms with van der Waals surface area (Å²) in [5.41, 5.74) is 6.30. The molecule has 1 aliphatic heterocycles. The molecule has 2 rings (SSSR count). The highest BCUT2D eigenvalue weighted by Gasteiger charge is 2.29. The van der Waals surface area contributed by atoms with E-state index in [0.717, 1.165) is 31.5 Å². The Morgan fingerprint density at radius 3 is 2.90 bits per heavy atom. The number of rotatable bonds is 4. The van der Waals surface area contributed by atoms with Crippen LogP contribution in [-0.4, -0.2) is 30.4 Å². The van der Waals surface area contributed by atoms with Gasteiger partial charge < -0.3 is 20.5 Å². The molecule has 0 amide bonds. The molecule has 1 aromatic rings. The van der Waals surface area contributed by atoms with Gasteiger partial charge in [0.2, 0.25) is 0 Å². The Hall–Kier alpha value is -1.49. The third-order valence-electron chi connectivity index (χ3n) is 3.56. The molecule has 0 radical (unpaired) electrons. The quantitative estimate of drug-likeness (QED) is 0.833. The molecule has 0 aliphatic carbocycles. The number of nitrogens with zero attached hydrogens (tertiary/aromatic N) is 1. The van der Waals surface area contributed by atoms with Gasteiger partial charge in [-0.05, 0) is 26.2 Å². The highest BCUT2D eigenvalue weighted by atomic mass is 19.1. The molecule has 3 N–H and O–H groups in total. The van der Waals surface area contributed by atoms with Crippen LogP contribution in [0.3, 0.4) is 0 Å². The fourth-order valence-electron chi connectivity index (χ4n) is 2.58. The number of aliphatic hydroxyl groups is 1. The van der Waals surface area contributed by atoms with Crippen molar-refractivity contribution < 1.29 is 14.2 Å². The highest BCUT2D eigenvalue weighted by molar-refractivity contribution is 5.70. The van der Waals surface area contributed by atoms with E-state index in [0.29, 0.717) is 18.8 Å². The molecule has 1 aromatic carbocycles. The predicted octanol–water partition coefficient (Wildman–Crippen LogP) is 2.55. The molecule has 0 aromatic heterocycles. The van der Waals surface area contributed by atoms with Gasteiger partial charge in [0.1, 0.15) is 0 Å². The van der Waals surface area contributed by atoms with E-state index in [1.165, 1.54) is 6.07 Å². The third kappa shape index (κ3) is 3.33. The van der Waals surface area contributed by atoms with Gasteiger partial charge in [-0.3, -0.25) is 0 Å². The van der Waals surface area contributed by atoms with Crippen molar-refractivity contribution in [1.82, 2.24) is 0 Å². The first-order valence-electron chi connectivity index (χ1n) is 7.12. The van der Waals surface area contributed by atoms with Crippen molar-refractivity contribution in [2.75, 3.05) is 30.3 Å². The Kier molecular flexibility index (Phi) is 4.38. The first-order valence-corrected chi connectivity index (χ1v) is 7.12. The molecule has 4 nitrogen and oxygen atoms in total. The maximum absolute atomic E-state index is 13.8. The molecule has 5 heteroatoms. The molecular formula is C15H23FN2O2. The maximum Gasteiger partial charge on any atom is 0.167 e. The maximum atomic E-state index is 13.8. The summed E-state index contributed by atoms with van der Waals surface area (Å²) >= 11 is 0. The fourth-order valence-corrected chi connectivity index (χ4v) is 2.58. The standard InChI is InChI=1S/C15H23FN2O2/c1-3-7-20-14-9-13(12(17)8-11(14)16)18-6-4-5-15(2,19)10-18/h8-9,19H,3-7,10,17H2,1-2H3. The number of piperidine rings is 1. The molecule has 0 saturated carbocycles. The van der Waals surface area contributed by atoms with Gasteiger partial charge in [-0.2, -0.15) is 0 Å². The average molecular weight is 282 g/mol. The van der Waals surface area contributed by atoms with E-state index in [1.807, 2.05) is 18.7 Å². The Balaban J connectivity index is 2.26. The zero-order valence-corrected chi connectivity index (χ0v) is 12.2. The van der Waals surface area contributed by atoms with E-state index in [2.05, 4.69) is 0 Å². The second kappa shape index (κ2) is 5.87. The van der Waals surface area contributed by atoms with Crippen LogP contribution >= 0.6 is 0 Å². The van der Waals surface area contributed by atoms with Gasteiger partial charge in [0.25, 0.3) is 0 Å². The van der Waals surface area contributed by atoms with Gasteiger partial charge >= 0.3 is 0 Å². The lowest BCUT2D eigenvalue weighted by Crippen LogP contribution is -2.46. The topological polar surface area (TPSA) is 58.7 Å². The number of nitrogens with two attached hydrogens (primary N) is 1. The van der Waals surface area contributed by atoms with E-state index in [-0.39, 0.29) is 5.75 Å². The normalized spacial score (nSPS) is 22.9. The van der Waals surface area contributed by atoms with Crippen molar-refractivity contribution >= 4 is 11.4 Å². The van der Waals surface area contributed by atoms with E-state index in [4.69, 9.17) is 10.5 Å². The van der Waals surface area contributed by atoms with Gasteiger partial charge in [-0.25, -0.2) is 4.39 Å². The van der Waals surface area contributed by atoms with Crippen LogP contribution in [-0.2, 0) is 0 Å². The predicted molar refractivity (Wildman–Crippen MR) is 78.7 cm³/mol. The summed E-state index contributed by atoms with van der Waals surface area (Å²) in [6.07, 6.45) is 2.47. The van der Waals surface area contributed by atoms with Crippen molar-refractivity contribution in [2.24, 2.45) is 0 Å². The van der Waals surface area contributed by atoms with E-state index < -0.39 is 11.4 Å². The van der Waals surface area contributed by atoms with Crippen LogP contribution in [0.25, 0.3) is 0 Å². The minimum atomic E-state index is -0.733. The number of nitrogen functional groups attached to an aromatic ring is 1. The van der Waals surface area contributed by atoms with Crippen molar-refractivity contribution in [3.8, 4) is 5.75 Å². The van der Waals surface area contributed by atoms with Gasteiger partial charge in [-0.1, -0.05) is 6.92 Å². The number of halogens is 1. The highest BCUT2D eigenvalue weighted by Crippen LogP contribution is 2.34. The average Bonchev–Trinajstić information content (AvgIpc) is 2.36. The second-order valence-corrected chi connectivity index (χ2v) is 5.71. The summed E-state index contributed by atoms with van der Waals surface area (Å²) in [5.74, 6) is -0.218. The fraction of sp³-hybridized carbons (Fsp3) is 0.600. The summed E-state index contributed by atoms with van der Waals surface area (Å²) in [7, 11) is 0. The number of hydrogen-bond donors (Lipinski definition) is 2. The first-order chi connectivity index (χ1) is 9.43. The SMILES string of the molecule is CCCOc1cc(N2CCCC(C)(O)C2)c(N)cc1F. The lowest BCUT2D eigenvalue weighted by Gasteiger charge is -2.38. The largest absolute Gasteiger partial charge is 0.490 e. The summed E-state index contributed by atoms with van der Waals surface area (Å²) in [5, 5.41) is 10.2. The van der Waals surface area contributed by atoms with Crippen LogP contribution in [0.4, 0.5) is 15.8 Å². The van der Waals surface area contributed by atoms with Gasteiger partial charge in [-0.15, -0.1) is 0 Å². The van der Waals surface area contributed by atoms with Crippen LogP contribution in [0.2, 0.25) is 0 Å². The molecule has 20 heavy (non-hydrogen) atoms. The summed E-state index contributed by atoms with van der Waals surface area (Å²) in [4.78, 5) is 2.00. The second-order valence-electron chi connectivity index (χ2n) is 5.71. The number of hydrogen-bond acceptors (Lipinski definition) is 4. The molecule has 112 valence electrons. The van der Waals surface area contributed by atoms with E-state index in [9.17, 15) is 9.50 Å². The Morgan fingerprint density at radius 2 is 2.25 bits per heavy atom. The van der Waals surface area contributed by atoms with E-state index >= 15 is 0 Å². The molecule has 1 heterocycles. The van der Waals surface area contributed by atoms with E-state index in [1.54, 1.807) is 6.07 Å². The van der Waals surface area contributed by atoms with Crippen LogP contribution in [0.1, 0.15) is 33.1 Å². The lowest BCUT2D eigenvalue weighted by atomic mass is 9.94. The Morgan fingerprint density at radius 1 is 1.50 bits per heavy atom. The monoisotopic (exact) mass is 282 g/mol. The lowest BCUT2D eigenvalue weighted by molar-refractivity contribution is 0.0449. The third-order valence-corrected chi connectivity index (χ3v) is 3.56. The van der Waals surface area contributed by atoms with Crippen LogP contribution in [0, 0.1) is 5.82 Å². The van der Waals surface area contributed by atoms with Gasteiger partial charge in [0.05, 0.1) is 23.6 Å². The first kappa shape index (κ1) is 14.9. The zero-order chi connectivity index (χ0) is 14.8. The van der Waals surface area contributed by atoms with Crippen molar-refractivity contribution in [1.29, 1.82) is 0 Å². The van der Waals surface area contributed by atoms with Crippen molar-refractivity contribution in [3.63, 3.8) is 0 Å². The molecular weight excluding hydrogens is 259 g/mol. The smallest absolute Gasteiger partial charge is 0.167 e. The molecule has 1 atom stereocenters. The molecule has 1 saturated heterocycles.